The van der Waals surface area contributed by atoms with Crippen LogP contribution in [0.1, 0.15) is 27.3 Å². The highest BCUT2D eigenvalue weighted by molar-refractivity contribution is 5.95. The number of carbonyl (C=O) groups excluding carboxylic acids is 2. The van der Waals surface area contributed by atoms with E-state index in [1.807, 2.05) is 20.9 Å². The van der Waals surface area contributed by atoms with Gasteiger partial charge in [-0.25, -0.2) is 0 Å². The lowest BCUT2D eigenvalue weighted by Crippen LogP contribution is -2.42. The van der Waals surface area contributed by atoms with Crippen LogP contribution >= 0.6 is 0 Å². The molecule has 7 nitrogen and oxygen atoms in total. The van der Waals surface area contributed by atoms with Crippen LogP contribution in [0.25, 0.3) is 0 Å². The lowest BCUT2D eigenvalue weighted by molar-refractivity contribution is -0.121. The maximum Gasteiger partial charge on any atom is 0.269 e. The smallest absolute Gasteiger partial charge is 0.269 e. The van der Waals surface area contributed by atoms with E-state index in [1.54, 1.807) is 10.7 Å². The Bertz CT molecular complexity index is 722. The molecule has 0 aliphatic heterocycles. The molecule has 1 aromatic heterocycles. The summed E-state index contributed by atoms with van der Waals surface area (Å²) in [5, 5.41) is 13.6. The van der Waals surface area contributed by atoms with Crippen LogP contribution in [0.3, 0.4) is 0 Å². The van der Waals surface area contributed by atoms with E-state index in [0.717, 1.165) is 17.0 Å². The van der Waals surface area contributed by atoms with Crippen LogP contribution in [0.15, 0.2) is 24.3 Å². The van der Waals surface area contributed by atoms with E-state index in [2.05, 4.69) is 16.0 Å². The van der Waals surface area contributed by atoms with Gasteiger partial charge in [-0.15, -0.1) is 0 Å². The van der Waals surface area contributed by atoms with Crippen LogP contribution in [0.5, 0.6) is 5.75 Å². The van der Waals surface area contributed by atoms with Crippen LogP contribution in [-0.4, -0.2) is 26.7 Å². The van der Waals surface area contributed by atoms with E-state index >= 15 is 0 Å². The number of aryl methyl sites for hydroxylation is 2. The van der Waals surface area contributed by atoms with Crippen molar-refractivity contribution in [2.24, 2.45) is 7.05 Å². The number of hydrogen-bond acceptors (Lipinski definition) is 4. The van der Waals surface area contributed by atoms with E-state index in [4.69, 9.17) is 0 Å². The zero-order valence-electron chi connectivity index (χ0n) is 12.7. The SMILES string of the molecule is Cc1nn(C)c(C)c1CC(=O)NNC(=O)c1cccc(O)c1. The van der Waals surface area contributed by atoms with Crippen molar-refractivity contribution in [1.82, 2.24) is 20.6 Å². The summed E-state index contributed by atoms with van der Waals surface area (Å²) in [6, 6.07) is 5.87. The van der Waals surface area contributed by atoms with Gasteiger partial charge in [0.2, 0.25) is 5.91 Å². The van der Waals surface area contributed by atoms with Crippen molar-refractivity contribution in [1.29, 1.82) is 0 Å². The van der Waals surface area contributed by atoms with Gasteiger partial charge >= 0.3 is 0 Å². The fourth-order valence-corrected chi connectivity index (χ4v) is 2.12. The number of hydrogen-bond donors (Lipinski definition) is 3. The van der Waals surface area contributed by atoms with Gasteiger partial charge in [0.15, 0.2) is 0 Å². The van der Waals surface area contributed by atoms with Gasteiger partial charge in [0.05, 0.1) is 12.1 Å². The molecule has 0 radical (unpaired) electrons. The number of nitrogens with zero attached hydrogens (tertiary/aromatic N) is 2. The number of nitrogens with one attached hydrogen (secondary N) is 2. The summed E-state index contributed by atoms with van der Waals surface area (Å²) in [4.78, 5) is 23.8. The molecule has 7 heteroatoms. The molecule has 1 aromatic carbocycles. The van der Waals surface area contributed by atoms with Gasteiger partial charge in [-0.3, -0.25) is 25.1 Å². The summed E-state index contributed by atoms with van der Waals surface area (Å²) in [5.41, 5.74) is 7.46. The number of aromatic nitrogens is 2. The van der Waals surface area contributed by atoms with Crippen molar-refractivity contribution >= 4 is 11.8 Å². The van der Waals surface area contributed by atoms with Gasteiger partial charge in [0.25, 0.3) is 5.91 Å². The Hall–Kier alpha value is -2.83. The Morgan fingerprint density at radius 3 is 2.59 bits per heavy atom. The van der Waals surface area contributed by atoms with Crippen LogP contribution < -0.4 is 10.9 Å². The number of phenolic OH excluding ortho intramolecular Hbond substituents is 1. The number of benzene rings is 1. The minimum Gasteiger partial charge on any atom is -0.508 e. The minimum atomic E-state index is -0.496. The number of amides is 2. The van der Waals surface area contributed by atoms with E-state index < -0.39 is 5.91 Å². The molecular formula is C15H18N4O3. The van der Waals surface area contributed by atoms with Crippen LogP contribution in [0, 0.1) is 13.8 Å². The minimum absolute atomic E-state index is 0.0133. The summed E-state index contributed by atoms with van der Waals surface area (Å²) in [7, 11) is 1.81. The van der Waals surface area contributed by atoms with E-state index in [-0.39, 0.29) is 23.6 Å². The van der Waals surface area contributed by atoms with E-state index in [9.17, 15) is 14.7 Å². The van der Waals surface area contributed by atoms with Crippen molar-refractivity contribution in [3.63, 3.8) is 0 Å². The van der Waals surface area contributed by atoms with Crippen LogP contribution in [0.4, 0.5) is 0 Å². The predicted molar refractivity (Wildman–Crippen MR) is 80.1 cm³/mol. The number of carbonyl (C=O) groups is 2. The molecule has 116 valence electrons. The summed E-state index contributed by atoms with van der Waals surface area (Å²) >= 11 is 0. The van der Waals surface area contributed by atoms with Gasteiger partial charge < -0.3 is 5.11 Å². The Balaban J connectivity index is 1.94. The monoisotopic (exact) mass is 302 g/mol. The lowest BCUT2D eigenvalue weighted by Gasteiger charge is -2.08. The molecule has 0 bridgehead atoms. The molecule has 2 aromatic rings. The summed E-state index contributed by atoms with van der Waals surface area (Å²) < 4.78 is 1.71. The maximum atomic E-state index is 11.9. The van der Waals surface area contributed by atoms with E-state index in [1.165, 1.54) is 18.2 Å². The number of rotatable bonds is 3. The molecular weight excluding hydrogens is 284 g/mol. The molecule has 0 fully saturated rings. The second-order valence-electron chi connectivity index (χ2n) is 5.00. The quantitative estimate of drug-likeness (QED) is 0.729. The lowest BCUT2D eigenvalue weighted by atomic mass is 10.1. The summed E-state index contributed by atoms with van der Waals surface area (Å²) in [5.74, 6) is -0.850. The highest BCUT2D eigenvalue weighted by Gasteiger charge is 2.14. The van der Waals surface area contributed by atoms with Crippen molar-refractivity contribution in [3.8, 4) is 5.75 Å². The Labute approximate surface area is 127 Å². The first kappa shape index (κ1) is 15.6. The molecule has 3 N–H and O–H groups in total. The molecule has 2 rings (SSSR count). The number of aromatic hydroxyl groups is 1. The molecule has 0 saturated heterocycles. The molecule has 0 saturated carbocycles. The van der Waals surface area contributed by atoms with Gasteiger partial charge in [0.1, 0.15) is 5.75 Å². The van der Waals surface area contributed by atoms with Gasteiger partial charge in [-0.2, -0.15) is 5.10 Å². The zero-order valence-corrected chi connectivity index (χ0v) is 12.7. The van der Waals surface area contributed by atoms with Crippen molar-refractivity contribution < 1.29 is 14.7 Å². The Morgan fingerprint density at radius 2 is 2.00 bits per heavy atom. The van der Waals surface area contributed by atoms with Gasteiger partial charge in [-0.05, 0) is 32.0 Å². The zero-order chi connectivity index (χ0) is 16.3. The largest absolute Gasteiger partial charge is 0.508 e. The molecule has 0 atom stereocenters. The van der Waals surface area contributed by atoms with Crippen molar-refractivity contribution in [2.45, 2.75) is 20.3 Å². The third-order valence-corrected chi connectivity index (χ3v) is 3.42. The second-order valence-corrected chi connectivity index (χ2v) is 5.00. The predicted octanol–water partition coefficient (Wildman–Crippen LogP) is 0.746. The first-order chi connectivity index (χ1) is 10.4. The standard InChI is InChI=1S/C15H18N4O3/c1-9-13(10(2)19(3)18-9)8-14(21)16-17-15(22)11-5-4-6-12(20)7-11/h4-7,20H,8H2,1-3H3,(H,16,21)(H,17,22). The second kappa shape index (κ2) is 6.30. The third-order valence-electron chi connectivity index (χ3n) is 3.42. The highest BCUT2D eigenvalue weighted by atomic mass is 16.3. The Kier molecular flexibility index (Phi) is 4.45. The Morgan fingerprint density at radius 1 is 1.27 bits per heavy atom. The fraction of sp³-hybridized carbons (Fsp3) is 0.267. The highest BCUT2D eigenvalue weighted by Crippen LogP contribution is 2.12. The first-order valence-corrected chi connectivity index (χ1v) is 6.75. The summed E-state index contributed by atoms with van der Waals surface area (Å²) in [6.07, 6.45) is 0.131. The molecule has 1 heterocycles. The third kappa shape index (κ3) is 3.43. The van der Waals surface area contributed by atoms with Gasteiger partial charge in [-0.1, -0.05) is 6.07 Å². The van der Waals surface area contributed by atoms with Crippen LogP contribution in [-0.2, 0) is 18.3 Å². The molecule has 0 spiro atoms. The molecule has 0 unspecified atom stereocenters. The van der Waals surface area contributed by atoms with Crippen molar-refractivity contribution in [2.75, 3.05) is 0 Å². The molecule has 22 heavy (non-hydrogen) atoms. The average Bonchev–Trinajstić information content (AvgIpc) is 2.71. The molecule has 0 aliphatic rings. The summed E-state index contributed by atoms with van der Waals surface area (Å²) in [6.45, 7) is 3.72. The average molecular weight is 302 g/mol. The molecule has 0 aliphatic carbocycles. The molecule has 2 amide bonds. The topological polar surface area (TPSA) is 96.3 Å². The van der Waals surface area contributed by atoms with E-state index in [0.29, 0.717) is 0 Å². The number of hydrazine groups is 1. The first-order valence-electron chi connectivity index (χ1n) is 6.75. The van der Waals surface area contributed by atoms with Gasteiger partial charge in [0, 0.05) is 23.9 Å². The maximum absolute atomic E-state index is 11.9. The number of phenols is 1. The van der Waals surface area contributed by atoms with Crippen LogP contribution in [0.2, 0.25) is 0 Å². The fourth-order valence-electron chi connectivity index (χ4n) is 2.12. The normalized spacial score (nSPS) is 10.3. The van der Waals surface area contributed by atoms with Crippen molar-refractivity contribution in [3.05, 3.63) is 46.8 Å².